The van der Waals surface area contributed by atoms with Crippen LogP contribution in [-0.4, -0.2) is 64.2 Å². The van der Waals surface area contributed by atoms with Crippen molar-refractivity contribution in [2.45, 2.75) is 6.04 Å². The Balaban J connectivity index is 1.31. The van der Waals surface area contributed by atoms with E-state index in [0.717, 1.165) is 52.1 Å². The second-order valence-corrected chi connectivity index (χ2v) is 8.49. The number of aromatic amines is 2. The molecule has 11 heteroatoms. The van der Waals surface area contributed by atoms with Gasteiger partial charge in [-0.25, -0.2) is 9.97 Å². The zero-order chi connectivity index (χ0) is 23.4. The molecule has 1 aliphatic rings. The molecule has 11 nitrogen and oxygen atoms in total. The Labute approximate surface area is 198 Å². The third-order valence-electron chi connectivity index (χ3n) is 6.14. The first-order chi connectivity index (χ1) is 17.2. The van der Waals surface area contributed by atoms with Crippen LogP contribution in [0.15, 0.2) is 61.4 Å². The molecule has 170 valence electrons. The Morgan fingerprint density at radius 3 is 2.60 bits per heavy atom. The van der Waals surface area contributed by atoms with Gasteiger partial charge in [-0.3, -0.25) is 25.0 Å². The highest BCUT2D eigenvalue weighted by atomic mass is 15.3. The topological polar surface area (TPSA) is 151 Å². The van der Waals surface area contributed by atoms with Gasteiger partial charge in [0.15, 0.2) is 5.82 Å². The maximum Gasteiger partial charge on any atom is 0.159 e. The van der Waals surface area contributed by atoms with Gasteiger partial charge in [0.1, 0.15) is 22.7 Å². The van der Waals surface area contributed by atoms with Gasteiger partial charge in [-0.05, 0) is 24.3 Å². The van der Waals surface area contributed by atoms with Crippen LogP contribution in [0.2, 0.25) is 0 Å². The summed E-state index contributed by atoms with van der Waals surface area (Å²) in [5.41, 5.74) is 12.2. The minimum atomic E-state index is 0.182. The zero-order valence-corrected chi connectivity index (χ0v) is 18.4. The minimum absolute atomic E-state index is 0.182. The van der Waals surface area contributed by atoms with Gasteiger partial charge in [0.25, 0.3) is 0 Å². The Kier molecular flexibility index (Phi) is 4.29. The van der Waals surface area contributed by atoms with Crippen molar-refractivity contribution in [1.29, 1.82) is 0 Å². The van der Waals surface area contributed by atoms with E-state index in [2.05, 4.69) is 40.0 Å². The summed E-state index contributed by atoms with van der Waals surface area (Å²) in [6.45, 7) is 1.55. The van der Waals surface area contributed by atoms with E-state index in [1.165, 1.54) is 0 Å². The molecule has 6 aromatic heterocycles. The van der Waals surface area contributed by atoms with E-state index in [-0.39, 0.29) is 6.04 Å². The van der Waals surface area contributed by atoms with Crippen LogP contribution in [0.25, 0.3) is 56.1 Å². The Bertz CT molecular complexity index is 1680. The monoisotopic (exact) mass is 461 g/mol. The van der Waals surface area contributed by atoms with Gasteiger partial charge in [0, 0.05) is 48.7 Å². The van der Waals surface area contributed by atoms with Crippen molar-refractivity contribution in [3.8, 4) is 34.2 Å². The maximum atomic E-state index is 5.92. The zero-order valence-electron chi connectivity index (χ0n) is 18.4. The molecule has 35 heavy (non-hydrogen) atoms. The van der Waals surface area contributed by atoms with Crippen molar-refractivity contribution in [2.24, 2.45) is 5.73 Å². The molecular formula is C24H19N11. The van der Waals surface area contributed by atoms with E-state index in [9.17, 15) is 0 Å². The number of pyridine rings is 3. The lowest BCUT2D eigenvalue weighted by molar-refractivity contribution is 0.514. The van der Waals surface area contributed by atoms with E-state index < -0.39 is 0 Å². The number of rotatable bonds is 4. The first-order valence-electron chi connectivity index (χ1n) is 11.2. The number of H-pyrrole nitrogens is 2. The molecular weight excluding hydrogens is 442 g/mol. The summed E-state index contributed by atoms with van der Waals surface area (Å²) in [5.74, 6) is 1.44. The number of nitrogens with two attached hydrogens (primary N) is 1. The fourth-order valence-electron chi connectivity index (χ4n) is 4.34. The molecule has 0 aliphatic carbocycles. The third kappa shape index (κ3) is 3.28. The largest absolute Gasteiger partial charge is 0.352 e. The van der Waals surface area contributed by atoms with Gasteiger partial charge >= 0.3 is 0 Å². The van der Waals surface area contributed by atoms with E-state index in [4.69, 9.17) is 15.7 Å². The van der Waals surface area contributed by atoms with Crippen LogP contribution in [0.3, 0.4) is 0 Å². The summed E-state index contributed by atoms with van der Waals surface area (Å²) in [6, 6.07) is 7.88. The normalized spacial score (nSPS) is 14.0. The van der Waals surface area contributed by atoms with Gasteiger partial charge < -0.3 is 15.6 Å². The molecule has 0 saturated carbocycles. The first kappa shape index (κ1) is 19.7. The van der Waals surface area contributed by atoms with Crippen molar-refractivity contribution in [3.05, 3.63) is 61.4 Å². The van der Waals surface area contributed by atoms with E-state index in [1.807, 2.05) is 24.3 Å². The number of imidazole rings is 1. The number of nitrogens with zero attached hydrogens (tertiary/aromatic N) is 8. The number of fused-ring (bicyclic) bond motifs is 2. The van der Waals surface area contributed by atoms with Gasteiger partial charge in [0.2, 0.25) is 0 Å². The molecule has 0 radical (unpaired) electrons. The van der Waals surface area contributed by atoms with E-state index >= 15 is 0 Å². The van der Waals surface area contributed by atoms with E-state index in [1.54, 1.807) is 37.2 Å². The Morgan fingerprint density at radius 1 is 0.857 bits per heavy atom. The fraction of sp³-hybridized carbons (Fsp3) is 0.125. The molecule has 0 unspecified atom stereocenters. The highest BCUT2D eigenvalue weighted by molar-refractivity contribution is 5.96. The average Bonchev–Trinajstić information content (AvgIpc) is 3.51. The molecule has 0 bridgehead atoms. The van der Waals surface area contributed by atoms with Crippen molar-refractivity contribution < 1.29 is 0 Å². The standard InChI is InChI=1S/C24H19N11/c25-14-11-35(12-14)20-10-27-8-19(30-20)17-7-15-18(9-29-17)33-34-22(15)24-31-16-3-6-28-21(23(16)32-24)13-1-4-26-5-2-13/h1-10,14H,11-12,25H2,(H,31,32)(H,33,34). The number of aromatic nitrogens is 9. The van der Waals surface area contributed by atoms with Crippen molar-refractivity contribution in [3.63, 3.8) is 0 Å². The highest BCUT2D eigenvalue weighted by Gasteiger charge is 2.25. The van der Waals surface area contributed by atoms with Crippen LogP contribution in [0.5, 0.6) is 0 Å². The molecule has 1 fully saturated rings. The number of nitrogens with one attached hydrogen (secondary N) is 2. The van der Waals surface area contributed by atoms with Crippen LogP contribution in [0.1, 0.15) is 0 Å². The molecule has 1 aliphatic heterocycles. The van der Waals surface area contributed by atoms with Crippen LogP contribution in [0, 0.1) is 0 Å². The van der Waals surface area contributed by atoms with Crippen LogP contribution in [0.4, 0.5) is 5.82 Å². The van der Waals surface area contributed by atoms with Gasteiger partial charge in [-0.1, -0.05) is 0 Å². The second kappa shape index (κ2) is 7.64. The third-order valence-corrected chi connectivity index (χ3v) is 6.14. The van der Waals surface area contributed by atoms with Crippen LogP contribution in [-0.2, 0) is 0 Å². The van der Waals surface area contributed by atoms with Crippen molar-refractivity contribution in [1.82, 2.24) is 45.1 Å². The molecule has 1 saturated heterocycles. The molecule has 0 aromatic carbocycles. The predicted molar refractivity (Wildman–Crippen MR) is 131 cm³/mol. The molecule has 7 rings (SSSR count). The summed E-state index contributed by atoms with van der Waals surface area (Å²) < 4.78 is 0. The molecule has 0 spiro atoms. The lowest BCUT2D eigenvalue weighted by Crippen LogP contribution is -2.56. The summed E-state index contributed by atoms with van der Waals surface area (Å²) >= 11 is 0. The minimum Gasteiger partial charge on any atom is -0.352 e. The van der Waals surface area contributed by atoms with Gasteiger partial charge in [0.05, 0.1) is 41.0 Å². The predicted octanol–water partition coefficient (Wildman–Crippen LogP) is 2.56. The molecule has 6 aromatic rings. The van der Waals surface area contributed by atoms with Gasteiger partial charge in [-0.2, -0.15) is 5.10 Å². The quantitative estimate of drug-likeness (QED) is 0.360. The second-order valence-electron chi connectivity index (χ2n) is 8.49. The average molecular weight is 461 g/mol. The molecule has 7 heterocycles. The smallest absolute Gasteiger partial charge is 0.159 e. The number of hydrogen-bond donors (Lipinski definition) is 3. The lowest BCUT2D eigenvalue weighted by Gasteiger charge is -2.37. The lowest BCUT2D eigenvalue weighted by atomic mass is 10.1. The molecule has 0 amide bonds. The Morgan fingerprint density at radius 2 is 1.74 bits per heavy atom. The summed E-state index contributed by atoms with van der Waals surface area (Å²) in [4.78, 5) is 32.7. The SMILES string of the molecule is NC1CN(c2cncc(-c3cc4c(-c5nc6c(-c7ccncc7)nccc6[nH]5)n[nH]c4cn3)n2)C1. The van der Waals surface area contributed by atoms with E-state index in [0.29, 0.717) is 22.9 Å². The molecule has 4 N–H and O–H groups in total. The maximum absolute atomic E-state index is 5.92. The van der Waals surface area contributed by atoms with Crippen molar-refractivity contribution >= 4 is 27.8 Å². The number of hydrogen-bond acceptors (Lipinski definition) is 9. The summed E-state index contributed by atoms with van der Waals surface area (Å²) in [6.07, 6.45) is 10.5. The highest BCUT2D eigenvalue weighted by Crippen LogP contribution is 2.31. The first-order valence-corrected chi connectivity index (χ1v) is 11.2. The Hall–Kier alpha value is -4.77. The van der Waals surface area contributed by atoms with Gasteiger partial charge in [-0.15, -0.1) is 0 Å². The fourth-order valence-corrected chi connectivity index (χ4v) is 4.34. The summed E-state index contributed by atoms with van der Waals surface area (Å²) in [7, 11) is 0. The van der Waals surface area contributed by atoms with Crippen molar-refractivity contribution in [2.75, 3.05) is 18.0 Å². The molecule has 0 atom stereocenters. The van der Waals surface area contributed by atoms with Crippen LogP contribution >= 0.6 is 0 Å². The summed E-state index contributed by atoms with van der Waals surface area (Å²) in [5, 5.41) is 8.46. The van der Waals surface area contributed by atoms with Crippen LogP contribution < -0.4 is 10.6 Å². The number of anilines is 1.